The zero-order valence-corrected chi connectivity index (χ0v) is 20.9. The van der Waals surface area contributed by atoms with Gasteiger partial charge in [-0.2, -0.15) is 0 Å². The van der Waals surface area contributed by atoms with Gasteiger partial charge in [-0.25, -0.2) is 14.5 Å². The normalized spacial score (nSPS) is 14.1. The van der Waals surface area contributed by atoms with E-state index in [1.807, 2.05) is 30.3 Å². The first-order valence-corrected chi connectivity index (χ1v) is 11.9. The van der Waals surface area contributed by atoms with E-state index in [0.29, 0.717) is 17.1 Å². The third-order valence-corrected chi connectivity index (χ3v) is 5.52. The van der Waals surface area contributed by atoms with Crippen LogP contribution in [0.5, 0.6) is 5.75 Å². The quantitative estimate of drug-likeness (QED) is 0.447. The summed E-state index contributed by atoms with van der Waals surface area (Å²) in [4.78, 5) is 37.7. The van der Waals surface area contributed by atoms with Gasteiger partial charge >= 0.3 is 12.2 Å². The Morgan fingerprint density at radius 1 is 1.14 bits per heavy atom. The molecule has 3 aromatic rings. The zero-order chi connectivity index (χ0) is 26.4. The van der Waals surface area contributed by atoms with E-state index in [9.17, 15) is 14.4 Å². The van der Waals surface area contributed by atoms with Crippen LogP contribution in [0.2, 0.25) is 0 Å². The summed E-state index contributed by atoms with van der Waals surface area (Å²) in [6.45, 7) is 6.13. The lowest BCUT2D eigenvalue weighted by Crippen LogP contribution is -2.32. The lowest BCUT2D eigenvalue weighted by molar-refractivity contribution is -0.128. The molecule has 1 N–H and O–H groups in total. The number of nitrogens with zero attached hydrogens (tertiary/aromatic N) is 2. The van der Waals surface area contributed by atoms with Crippen molar-refractivity contribution >= 4 is 23.8 Å². The minimum absolute atomic E-state index is 0.0409. The molecule has 1 aliphatic rings. The lowest BCUT2D eigenvalue weighted by atomic mass is 9.92. The number of rotatable bonds is 8. The fraction of sp³-hybridized carbons (Fsp3) is 0.333. The van der Waals surface area contributed by atoms with E-state index in [2.05, 4.69) is 10.5 Å². The Morgan fingerprint density at radius 2 is 1.92 bits per heavy atom. The molecule has 10 nitrogen and oxygen atoms in total. The average Bonchev–Trinajstić information content (AvgIpc) is 3.52. The van der Waals surface area contributed by atoms with Crippen LogP contribution in [0.4, 0.5) is 15.3 Å². The molecule has 4 rings (SSSR count). The molecule has 1 aromatic heterocycles. The van der Waals surface area contributed by atoms with E-state index >= 15 is 0 Å². The van der Waals surface area contributed by atoms with Crippen LogP contribution in [0.3, 0.4) is 0 Å². The summed E-state index contributed by atoms with van der Waals surface area (Å²) in [5.41, 5.74) is 2.29. The van der Waals surface area contributed by atoms with E-state index < -0.39 is 23.7 Å². The summed E-state index contributed by atoms with van der Waals surface area (Å²) in [6.07, 6.45) is 0.334. The summed E-state index contributed by atoms with van der Waals surface area (Å²) < 4.78 is 21.1. The molecule has 194 valence electrons. The molecule has 1 aliphatic heterocycles. The first-order chi connectivity index (χ1) is 17.7. The number of hydrogen-bond donors (Lipinski definition) is 1. The molecule has 2 heterocycles. The number of imide groups is 1. The van der Waals surface area contributed by atoms with Crippen molar-refractivity contribution in [2.75, 3.05) is 18.5 Å². The van der Waals surface area contributed by atoms with Gasteiger partial charge in [-0.1, -0.05) is 29.4 Å². The molecule has 2 aromatic carbocycles. The predicted molar refractivity (Wildman–Crippen MR) is 133 cm³/mol. The zero-order valence-electron chi connectivity index (χ0n) is 20.9. The molecule has 1 fully saturated rings. The van der Waals surface area contributed by atoms with Crippen LogP contribution in [0.1, 0.15) is 49.9 Å². The van der Waals surface area contributed by atoms with Crippen molar-refractivity contribution in [3.63, 3.8) is 0 Å². The number of cyclic esters (lactones) is 1. The number of hydrogen-bond acceptors (Lipinski definition) is 8. The molecule has 1 saturated heterocycles. The van der Waals surface area contributed by atoms with E-state index in [-0.39, 0.29) is 32.1 Å². The SMILES string of the molecule is CC(C)(C)OC(=O)Nc1cccc(COc2ccc([C@H](CC(=O)N3CCOC3=O)c3ccon3)cc2)c1. The van der Waals surface area contributed by atoms with Gasteiger partial charge in [0.25, 0.3) is 0 Å². The highest BCUT2D eigenvalue weighted by molar-refractivity contribution is 5.93. The van der Waals surface area contributed by atoms with Gasteiger partial charge in [0.2, 0.25) is 5.91 Å². The fourth-order valence-electron chi connectivity index (χ4n) is 3.82. The van der Waals surface area contributed by atoms with Crippen LogP contribution >= 0.6 is 0 Å². The standard InChI is InChI=1S/C27H29N3O7/c1-27(2,3)37-25(32)28-20-6-4-5-18(15-20)17-35-21-9-7-19(8-10-21)22(23-11-13-36-29-23)16-24(31)30-12-14-34-26(30)33/h4-11,13,15,22H,12,14,16-17H2,1-3H3,(H,28,32)/t22-/m0/s1. The van der Waals surface area contributed by atoms with Crippen molar-refractivity contribution in [1.82, 2.24) is 10.1 Å². The monoisotopic (exact) mass is 507 g/mol. The van der Waals surface area contributed by atoms with E-state index in [0.717, 1.165) is 16.0 Å². The maximum atomic E-state index is 12.7. The van der Waals surface area contributed by atoms with Gasteiger partial charge < -0.3 is 18.7 Å². The topological polar surface area (TPSA) is 120 Å². The molecule has 0 saturated carbocycles. The molecule has 0 aliphatic carbocycles. The third kappa shape index (κ3) is 7.09. The Balaban J connectivity index is 1.39. The van der Waals surface area contributed by atoms with Crippen LogP contribution in [0, 0.1) is 0 Å². The van der Waals surface area contributed by atoms with Crippen LogP contribution in [-0.2, 0) is 20.9 Å². The lowest BCUT2D eigenvalue weighted by Gasteiger charge is -2.19. The van der Waals surface area contributed by atoms with Crippen molar-refractivity contribution in [3.05, 3.63) is 77.7 Å². The van der Waals surface area contributed by atoms with Gasteiger partial charge in [0.05, 0.1) is 12.2 Å². The Kier molecular flexibility index (Phi) is 7.76. The first-order valence-electron chi connectivity index (χ1n) is 11.9. The van der Waals surface area contributed by atoms with Crippen molar-refractivity contribution in [2.45, 2.75) is 45.3 Å². The second-order valence-electron chi connectivity index (χ2n) is 9.53. The third-order valence-electron chi connectivity index (χ3n) is 5.52. The average molecular weight is 508 g/mol. The van der Waals surface area contributed by atoms with Gasteiger partial charge in [0, 0.05) is 24.1 Å². The fourth-order valence-corrected chi connectivity index (χ4v) is 3.82. The molecule has 0 unspecified atom stereocenters. The van der Waals surface area contributed by atoms with Crippen LogP contribution in [0.25, 0.3) is 0 Å². The highest BCUT2D eigenvalue weighted by Crippen LogP contribution is 2.30. The van der Waals surface area contributed by atoms with Crippen LogP contribution < -0.4 is 10.1 Å². The van der Waals surface area contributed by atoms with Gasteiger partial charge in [-0.3, -0.25) is 10.1 Å². The van der Waals surface area contributed by atoms with Gasteiger partial charge in [-0.05, 0) is 56.2 Å². The number of aromatic nitrogens is 1. The summed E-state index contributed by atoms with van der Waals surface area (Å²) >= 11 is 0. The molecule has 10 heteroatoms. The molecule has 0 spiro atoms. The Labute approximate surface area is 214 Å². The number of amides is 3. The summed E-state index contributed by atoms with van der Waals surface area (Å²) in [6, 6.07) is 16.3. The number of carbonyl (C=O) groups excluding carboxylic acids is 3. The van der Waals surface area contributed by atoms with Crippen molar-refractivity contribution in [1.29, 1.82) is 0 Å². The van der Waals surface area contributed by atoms with Gasteiger partial charge in [-0.15, -0.1) is 0 Å². The predicted octanol–water partition coefficient (Wildman–Crippen LogP) is 5.10. The summed E-state index contributed by atoms with van der Waals surface area (Å²) in [5, 5.41) is 6.72. The Bertz CT molecular complexity index is 1230. The molecule has 1 atom stereocenters. The smallest absolute Gasteiger partial charge is 0.416 e. The van der Waals surface area contributed by atoms with E-state index in [1.54, 1.807) is 45.0 Å². The minimum atomic E-state index is -0.627. The molecule has 3 amide bonds. The summed E-state index contributed by atoms with van der Waals surface area (Å²) in [5.74, 6) is -0.109. The molecule has 0 bridgehead atoms. The van der Waals surface area contributed by atoms with Crippen molar-refractivity contribution in [2.24, 2.45) is 0 Å². The van der Waals surface area contributed by atoms with Crippen LogP contribution in [-0.4, -0.2) is 46.9 Å². The second kappa shape index (κ2) is 11.2. The molecule has 37 heavy (non-hydrogen) atoms. The minimum Gasteiger partial charge on any atom is -0.489 e. The van der Waals surface area contributed by atoms with Gasteiger partial charge in [0.15, 0.2) is 0 Å². The van der Waals surface area contributed by atoms with Crippen molar-refractivity contribution < 1.29 is 33.1 Å². The maximum Gasteiger partial charge on any atom is 0.416 e. The number of anilines is 1. The van der Waals surface area contributed by atoms with E-state index in [1.165, 1.54) is 6.26 Å². The Morgan fingerprint density at radius 3 is 2.57 bits per heavy atom. The number of benzene rings is 2. The first kappa shape index (κ1) is 25.7. The van der Waals surface area contributed by atoms with E-state index in [4.69, 9.17) is 18.7 Å². The molecule has 0 radical (unpaired) electrons. The largest absolute Gasteiger partial charge is 0.489 e. The maximum absolute atomic E-state index is 12.7. The Hall–Kier alpha value is -4.34. The summed E-state index contributed by atoms with van der Waals surface area (Å²) in [7, 11) is 0. The van der Waals surface area contributed by atoms with Crippen LogP contribution in [0.15, 0.2) is 65.4 Å². The molecular weight excluding hydrogens is 478 g/mol. The highest BCUT2D eigenvalue weighted by Gasteiger charge is 2.31. The van der Waals surface area contributed by atoms with Crippen molar-refractivity contribution in [3.8, 4) is 5.75 Å². The second-order valence-corrected chi connectivity index (χ2v) is 9.53. The highest BCUT2D eigenvalue weighted by atomic mass is 16.6. The molecular formula is C27H29N3O7. The number of nitrogens with one attached hydrogen (secondary N) is 1. The number of ether oxygens (including phenoxy) is 3. The number of carbonyl (C=O) groups is 3. The van der Waals surface area contributed by atoms with Gasteiger partial charge in [0.1, 0.15) is 30.8 Å².